The monoisotopic (exact) mass is 714 g/mol. The summed E-state index contributed by atoms with van der Waals surface area (Å²) in [7, 11) is 2.00. The molecule has 222 valence electrons. The van der Waals surface area contributed by atoms with Crippen molar-refractivity contribution in [2.45, 2.75) is 50.1 Å². The lowest BCUT2D eigenvalue weighted by Crippen LogP contribution is -3.00. The number of aliphatic hydroxyl groups is 1. The highest BCUT2D eigenvalue weighted by Gasteiger charge is 2.60. The smallest absolute Gasteiger partial charge is 0.410 e. The number of likely N-dealkylation sites (tertiary alicyclic amines) is 1. The zero-order chi connectivity index (χ0) is 28.7. The lowest BCUT2D eigenvalue weighted by Gasteiger charge is -2.46. The van der Waals surface area contributed by atoms with E-state index in [1.807, 2.05) is 31.9 Å². The molecule has 5 heterocycles. The lowest BCUT2D eigenvalue weighted by atomic mass is 9.79. The van der Waals surface area contributed by atoms with Gasteiger partial charge in [0, 0.05) is 40.5 Å². The van der Waals surface area contributed by atoms with Crippen molar-refractivity contribution in [2.24, 2.45) is 18.9 Å². The number of aromatic nitrogens is 2. The van der Waals surface area contributed by atoms with Crippen molar-refractivity contribution in [3.63, 3.8) is 0 Å². The average Bonchev–Trinajstić information content (AvgIpc) is 3.65. The van der Waals surface area contributed by atoms with Crippen LogP contribution in [0.3, 0.4) is 0 Å². The number of thiazole rings is 1. The number of β-lactam (4-membered cyclic amide) rings is 1. The van der Waals surface area contributed by atoms with Crippen LogP contribution in [0.15, 0.2) is 53.8 Å². The summed E-state index contributed by atoms with van der Waals surface area (Å²) in [5.74, 6) is -1.58. The number of thioether (sulfide) groups is 1. The molecule has 0 aliphatic carbocycles. The normalized spacial score (nSPS) is 26.0. The predicted octanol–water partition coefficient (Wildman–Crippen LogP) is -0.331. The van der Waals surface area contributed by atoms with E-state index in [1.165, 1.54) is 22.7 Å². The molecule has 1 N–H and O–H groups in total. The molecular weight excluding hydrogens is 679 g/mol. The highest BCUT2D eigenvalue weighted by Crippen LogP contribution is 2.52. The Hall–Kier alpha value is -2.36. The molecule has 0 spiro atoms. The summed E-state index contributed by atoms with van der Waals surface area (Å²) >= 11 is 3.18. The fourth-order valence-corrected chi connectivity index (χ4v) is 8.57. The number of amides is 2. The van der Waals surface area contributed by atoms with Gasteiger partial charge in [-0.2, -0.15) is 4.40 Å². The minimum atomic E-state index is -0.825. The zero-order valence-corrected chi connectivity index (χ0v) is 27.1. The third-order valence-corrected chi connectivity index (χ3v) is 10.3. The van der Waals surface area contributed by atoms with E-state index in [4.69, 9.17) is 9.47 Å². The minimum absolute atomic E-state index is 0. The molecule has 0 aromatic carbocycles. The van der Waals surface area contributed by atoms with Gasteiger partial charge in [-0.15, -0.1) is 11.8 Å². The van der Waals surface area contributed by atoms with Gasteiger partial charge in [-0.3, -0.25) is 4.79 Å². The van der Waals surface area contributed by atoms with Crippen molar-refractivity contribution < 1.29 is 57.3 Å². The van der Waals surface area contributed by atoms with Crippen LogP contribution in [-0.2, 0) is 32.5 Å². The number of imidazole rings is 1. The van der Waals surface area contributed by atoms with Gasteiger partial charge in [-0.1, -0.05) is 43.6 Å². The van der Waals surface area contributed by atoms with Crippen molar-refractivity contribution in [1.29, 1.82) is 0 Å². The number of nitrogens with zero attached hydrogens (tertiary/aromatic N) is 4. The maximum atomic E-state index is 13.2. The second-order valence-corrected chi connectivity index (χ2v) is 12.7. The number of hydrogen-bond acceptors (Lipinski definition) is 8. The first-order valence-corrected chi connectivity index (χ1v) is 15.1. The molecule has 10 nitrogen and oxygen atoms in total. The quantitative estimate of drug-likeness (QED) is 0.118. The summed E-state index contributed by atoms with van der Waals surface area (Å²) in [6.07, 6.45) is 7.17. The molecule has 2 amide bonds. The fraction of sp³-hybridized carbons (Fsp3) is 0.500. The predicted molar refractivity (Wildman–Crippen MR) is 151 cm³/mol. The Balaban J connectivity index is 0.00000387. The second-order valence-electron chi connectivity index (χ2n) is 10.5. The van der Waals surface area contributed by atoms with Crippen molar-refractivity contribution in [3.8, 4) is 0 Å². The van der Waals surface area contributed by atoms with Gasteiger partial charge in [0.2, 0.25) is 17.1 Å². The fourth-order valence-electron chi connectivity index (χ4n) is 6.10. The minimum Gasteiger partial charge on any atom is -1.00 e. The highest BCUT2D eigenvalue weighted by atomic mass is 127. The van der Waals surface area contributed by atoms with Crippen LogP contribution in [0.4, 0.5) is 4.79 Å². The zero-order valence-electron chi connectivity index (χ0n) is 23.3. The van der Waals surface area contributed by atoms with E-state index < -0.39 is 24.1 Å². The molecule has 2 aromatic rings. The van der Waals surface area contributed by atoms with Gasteiger partial charge in [0.05, 0.1) is 25.1 Å². The Labute approximate surface area is 264 Å². The molecule has 0 unspecified atom stereocenters. The van der Waals surface area contributed by atoms with Gasteiger partial charge in [-0.05, 0) is 13.3 Å². The van der Waals surface area contributed by atoms with Crippen LogP contribution in [0.25, 0.3) is 4.83 Å². The molecule has 41 heavy (non-hydrogen) atoms. The summed E-state index contributed by atoms with van der Waals surface area (Å²) in [5, 5.41) is 12.3. The van der Waals surface area contributed by atoms with Crippen LogP contribution >= 0.6 is 23.1 Å². The summed E-state index contributed by atoms with van der Waals surface area (Å²) in [5.41, 5.74) is 1.37. The van der Waals surface area contributed by atoms with E-state index in [-0.39, 0.29) is 72.0 Å². The molecule has 0 bridgehead atoms. The Morgan fingerprint density at radius 3 is 2.68 bits per heavy atom. The van der Waals surface area contributed by atoms with Crippen LogP contribution in [0.2, 0.25) is 0 Å². The number of aryl methyl sites for hydroxylation is 1. The topological polar surface area (TPSA) is 105 Å². The van der Waals surface area contributed by atoms with E-state index in [9.17, 15) is 19.5 Å². The van der Waals surface area contributed by atoms with Crippen molar-refractivity contribution >= 4 is 45.9 Å². The van der Waals surface area contributed by atoms with Crippen LogP contribution < -0.4 is 28.4 Å². The largest absolute Gasteiger partial charge is 1.00 e. The third kappa shape index (κ3) is 5.69. The van der Waals surface area contributed by atoms with Crippen LogP contribution in [0.5, 0.6) is 0 Å². The molecule has 6 atom stereocenters. The summed E-state index contributed by atoms with van der Waals surface area (Å²) in [6, 6.07) is -0.425. The van der Waals surface area contributed by atoms with Crippen LogP contribution in [-0.4, -0.2) is 80.6 Å². The molecule has 3 aliphatic heterocycles. The summed E-state index contributed by atoms with van der Waals surface area (Å²) in [6.45, 7) is 11.4. The van der Waals surface area contributed by atoms with E-state index in [1.54, 1.807) is 29.2 Å². The Bertz CT molecular complexity index is 1390. The number of esters is 1. The van der Waals surface area contributed by atoms with E-state index in [0.29, 0.717) is 19.4 Å². The molecule has 13 heteroatoms. The Morgan fingerprint density at radius 1 is 1.29 bits per heavy atom. The van der Waals surface area contributed by atoms with Gasteiger partial charge >= 0.3 is 12.1 Å². The Morgan fingerprint density at radius 2 is 2.00 bits per heavy atom. The number of ether oxygens (including phenoxy) is 2. The van der Waals surface area contributed by atoms with E-state index >= 15 is 0 Å². The average molecular weight is 715 g/mol. The van der Waals surface area contributed by atoms with Gasteiger partial charge < -0.3 is 48.4 Å². The van der Waals surface area contributed by atoms with Gasteiger partial charge in [0.1, 0.15) is 25.1 Å². The van der Waals surface area contributed by atoms with Gasteiger partial charge in [0.15, 0.2) is 5.69 Å². The summed E-state index contributed by atoms with van der Waals surface area (Å²) < 4.78 is 15.0. The molecule has 2 fully saturated rings. The number of hydrogen-bond donors (Lipinski definition) is 1. The number of halogens is 1. The molecule has 2 saturated heterocycles. The number of aliphatic hydroxyl groups excluding tert-OH is 1. The second kappa shape index (κ2) is 12.9. The SMILES string of the molecule is C=CCOC(=O)C1=C(S[C@H]2C[C@@H](Cc3c4scc[n+]4cn3C)N(C(=O)OCC=C)C2)[C@H](C)[C@@H]2[C@@H]([C@@H](C)O)C(=O)N12.[I-]. The molecule has 5 rings (SSSR count). The number of carbonyl (C=O) groups is 3. The molecule has 0 radical (unpaired) electrons. The number of fused-ring (bicyclic) bond motifs is 2. The first kappa shape index (κ1) is 31.6. The maximum absolute atomic E-state index is 13.2. The van der Waals surface area contributed by atoms with E-state index in [2.05, 4.69) is 22.1 Å². The first-order chi connectivity index (χ1) is 19.2. The van der Waals surface area contributed by atoms with Gasteiger partial charge in [0.25, 0.3) is 0 Å². The number of carbonyl (C=O) groups excluding carboxylic acids is 3. The first-order valence-electron chi connectivity index (χ1n) is 13.3. The van der Waals surface area contributed by atoms with Crippen molar-refractivity contribution in [2.75, 3.05) is 19.8 Å². The molecule has 3 aliphatic rings. The highest BCUT2D eigenvalue weighted by molar-refractivity contribution is 8.03. The van der Waals surface area contributed by atoms with Gasteiger partial charge in [-0.25, -0.2) is 14.2 Å². The number of rotatable bonds is 10. The summed E-state index contributed by atoms with van der Waals surface area (Å²) in [4.78, 5) is 44.4. The Kier molecular flexibility index (Phi) is 9.92. The third-order valence-electron chi connectivity index (χ3n) is 7.90. The van der Waals surface area contributed by atoms with E-state index in [0.717, 1.165) is 15.4 Å². The molecule has 2 aromatic heterocycles. The standard InChI is InChI=1S/C28H35N4O6S2.HI/c1-6-9-37-27(35)23-24(16(3)22-21(17(4)33)25(34)32(22)23)40-19-12-18(31(14-19)28(36)38-10-7-2)13-20-26-30(8-11-39-26)15-29(20)5;/h6-8,11,15-19,21-22,33H,1-2,9-10,12-14H2,3-5H3;1H/q+1;/p-1/t16-,17-,18+,19+,21-,22-;/m1./s1. The van der Waals surface area contributed by atoms with Crippen molar-refractivity contribution in [1.82, 2.24) is 14.4 Å². The lowest BCUT2D eigenvalue weighted by molar-refractivity contribution is -0.508. The van der Waals surface area contributed by atoms with Crippen molar-refractivity contribution in [3.05, 3.63) is 59.5 Å². The van der Waals surface area contributed by atoms with Crippen LogP contribution in [0.1, 0.15) is 26.0 Å². The molecular formula is C28H35IN4O6S2. The van der Waals surface area contributed by atoms with Crippen LogP contribution in [0, 0.1) is 11.8 Å². The maximum Gasteiger partial charge on any atom is 0.410 e. The molecule has 0 saturated carbocycles.